The summed E-state index contributed by atoms with van der Waals surface area (Å²) in [5.74, 6) is 2.25. The summed E-state index contributed by atoms with van der Waals surface area (Å²) in [7, 11) is 1.61. The van der Waals surface area contributed by atoms with Gasteiger partial charge in [0.05, 0.1) is 18.9 Å². The molecule has 0 aliphatic rings. The number of methoxy groups -OCH3 is 1. The molecule has 31 heavy (non-hydrogen) atoms. The smallest absolute Gasteiger partial charge is 0.267 e. The molecule has 4 rings (SSSR count). The van der Waals surface area contributed by atoms with E-state index in [-0.39, 0.29) is 18.2 Å². The highest BCUT2D eigenvalue weighted by Gasteiger charge is 2.12. The predicted molar refractivity (Wildman–Crippen MR) is 115 cm³/mol. The van der Waals surface area contributed by atoms with Crippen LogP contribution in [0.5, 0.6) is 11.5 Å². The standard InChI is InChI=1S/C23H22N4O4/c1-15(2)30-19-10-6-17(7-11-19)23-24-21(31-26-23)14-27-22(28)13-12-20(25-27)16-4-8-18(29-3)9-5-16/h4-13,15H,14H2,1-3H3. The fourth-order valence-electron chi connectivity index (χ4n) is 3.00. The van der Waals surface area contributed by atoms with Crippen LogP contribution in [-0.2, 0) is 6.54 Å². The van der Waals surface area contributed by atoms with E-state index in [4.69, 9.17) is 14.0 Å². The van der Waals surface area contributed by atoms with E-state index in [2.05, 4.69) is 15.2 Å². The number of rotatable bonds is 7. The average Bonchev–Trinajstić information content (AvgIpc) is 3.24. The molecule has 0 saturated carbocycles. The normalized spacial score (nSPS) is 11.0. The molecule has 0 radical (unpaired) electrons. The first-order chi connectivity index (χ1) is 15.0. The van der Waals surface area contributed by atoms with Gasteiger partial charge in [0, 0.05) is 17.2 Å². The van der Waals surface area contributed by atoms with Crippen molar-refractivity contribution in [3.8, 4) is 34.1 Å². The number of benzene rings is 2. The predicted octanol–water partition coefficient (Wildman–Crippen LogP) is 3.80. The Morgan fingerprint density at radius 3 is 2.29 bits per heavy atom. The molecule has 0 amide bonds. The van der Waals surface area contributed by atoms with Crippen molar-refractivity contribution in [2.24, 2.45) is 0 Å². The number of ether oxygens (including phenoxy) is 2. The van der Waals surface area contributed by atoms with Crippen LogP contribution in [0.4, 0.5) is 0 Å². The van der Waals surface area contributed by atoms with E-state index in [0.717, 1.165) is 22.6 Å². The Hall–Kier alpha value is -3.94. The molecule has 0 saturated heterocycles. The fourth-order valence-corrected chi connectivity index (χ4v) is 3.00. The van der Waals surface area contributed by atoms with Crippen molar-refractivity contribution in [1.29, 1.82) is 0 Å². The topological polar surface area (TPSA) is 92.3 Å². The van der Waals surface area contributed by atoms with Gasteiger partial charge in [-0.25, -0.2) is 4.68 Å². The van der Waals surface area contributed by atoms with E-state index in [1.807, 2.05) is 62.4 Å². The number of aromatic nitrogens is 4. The molecule has 0 fully saturated rings. The molecule has 158 valence electrons. The van der Waals surface area contributed by atoms with Crippen LogP contribution in [0.2, 0.25) is 0 Å². The molecular formula is C23H22N4O4. The van der Waals surface area contributed by atoms with Gasteiger partial charge in [0.25, 0.3) is 5.56 Å². The lowest BCUT2D eigenvalue weighted by Crippen LogP contribution is -2.23. The molecule has 2 aromatic heterocycles. The number of nitrogens with zero attached hydrogens (tertiary/aromatic N) is 4. The van der Waals surface area contributed by atoms with Gasteiger partial charge in [-0.3, -0.25) is 4.79 Å². The van der Waals surface area contributed by atoms with E-state index >= 15 is 0 Å². The first kappa shape index (κ1) is 20.3. The molecule has 0 spiro atoms. The molecule has 2 heterocycles. The second-order valence-corrected chi connectivity index (χ2v) is 7.15. The van der Waals surface area contributed by atoms with E-state index in [9.17, 15) is 4.79 Å². The largest absolute Gasteiger partial charge is 0.497 e. The second-order valence-electron chi connectivity index (χ2n) is 7.15. The Balaban J connectivity index is 1.53. The molecule has 0 aliphatic heterocycles. The van der Waals surface area contributed by atoms with Crippen molar-refractivity contribution in [3.63, 3.8) is 0 Å². The Bertz CT molecular complexity index is 1210. The third-order valence-corrected chi connectivity index (χ3v) is 4.49. The van der Waals surface area contributed by atoms with Gasteiger partial charge in [0.2, 0.25) is 11.7 Å². The van der Waals surface area contributed by atoms with Gasteiger partial charge in [-0.15, -0.1) is 0 Å². The summed E-state index contributed by atoms with van der Waals surface area (Å²) in [5, 5.41) is 8.45. The Morgan fingerprint density at radius 1 is 0.935 bits per heavy atom. The summed E-state index contributed by atoms with van der Waals surface area (Å²) in [6.07, 6.45) is 0.0992. The zero-order valence-electron chi connectivity index (χ0n) is 17.5. The van der Waals surface area contributed by atoms with Gasteiger partial charge in [-0.05, 0) is 68.4 Å². The lowest BCUT2D eigenvalue weighted by Gasteiger charge is -2.09. The SMILES string of the molecule is COc1ccc(-c2ccc(=O)n(Cc3nc(-c4ccc(OC(C)C)cc4)no3)n2)cc1. The first-order valence-corrected chi connectivity index (χ1v) is 9.84. The van der Waals surface area contributed by atoms with Gasteiger partial charge in [0.15, 0.2) is 0 Å². The molecule has 0 bridgehead atoms. The molecule has 8 heteroatoms. The van der Waals surface area contributed by atoms with Crippen molar-refractivity contribution < 1.29 is 14.0 Å². The van der Waals surface area contributed by atoms with Crippen LogP contribution < -0.4 is 15.0 Å². The lowest BCUT2D eigenvalue weighted by atomic mass is 10.1. The van der Waals surface area contributed by atoms with Crippen LogP contribution in [0, 0.1) is 0 Å². The van der Waals surface area contributed by atoms with Gasteiger partial charge in [-0.1, -0.05) is 5.16 Å². The lowest BCUT2D eigenvalue weighted by molar-refractivity contribution is 0.242. The van der Waals surface area contributed by atoms with Gasteiger partial charge in [-0.2, -0.15) is 10.1 Å². The highest BCUT2D eigenvalue weighted by atomic mass is 16.5. The Labute approximate surface area is 179 Å². The van der Waals surface area contributed by atoms with Crippen LogP contribution in [-0.4, -0.2) is 33.1 Å². The van der Waals surface area contributed by atoms with Gasteiger partial charge >= 0.3 is 0 Å². The third kappa shape index (κ3) is 4.80. The Morgan fingerprint density at radius 2 is 1.61 bits per heavy atom. The average molecular weight is 418 g/mol. The minimum Gasteiger partial charge on any atom is -0.497 e. The van der Waals surface area contributed by atoms with Crippen molar-refractivity contribution in [2.45, 2.75) is 26.5 Å². The van der Waals surface area contributed by atoms with Crippen LogP contribution in [0.3, 0.4) is 0 Å². The molecule has 2 aromatic carbocycles. The monoisotopic (exact) mass is 418 g/mol. The van der Waals surface area contributed by atoms with Crippen LogP contribution in [0.25, 0.3) is 22.6 Å². The van der Waals surface area contributed by atoms with E-state index < -0.39 is 0 Å². The molecule has 8 nitrogen and oxygen atoms in total. The van der Waals surface area contributed by atoms with E-state index in [1.54, 1.807) is 13.2 Å². The summed E-state index contributed by atoms with van der Waals surface area (Å²) >= 11 is 0. The van der Waals surface area contributed by atoms with Crippen molar-refractivity contribution >= 4 is 0 Å². The molecule has 0 atom stereocenters. The highest BCUT2D eigenvalue weighted by molar-refractivity contribution is 5.59. The summed E-state index contributed by atoms with van der Waals surface area (Å²) in [4.78, 5) is 16.7. The zero-order chi connectivity index (χ0) is 21.8. The number of hydrogen-bond acceptors (Lipinski definition) is 7. The maximum Gasteiger partial charge on any atom is 0.267 e. The molecule has 4 aromatic rings. The highest BCUT2D eigenvalue weighted by Crippen LogP contribution is 2.22. The summed E-state index contributed by atoms with van der Waals surface area (Å²) in [6.45, 7) is 4.02. The van der Waals surface area contributed by atoms with Crippen LogP contribution in [0.15, 0.2) is 70.0 Å². The van der Waals surface area contributed by atoms with E-state index in [0.29, 0.717) is 17.4 Å². The quantitative estimate of drug-likeness (QED) is 0.451. The minimum atomic E-state index is -0.257. The second kappa shape index (κ2) is 8.83. The Kier molecular flexibility index (Phi) is 5.79. The summed E-state index contributed by atoms with van der Waals surface area (Å²) in [6, 6.07) is 18.0. The van der Waals surface area contributed by atoms with Crippen LogP contribution >= 0.6 is 0 Å². The molecule has 0 aliphatic carbocycles. The summed E-state index contributed by atoms with van der Waals surface area (Å²) in [5.41, 5.74) is 2.05. The van der Waals surface area contributed by atoms with Crippen molar-refractivity contribution in [3.05, 3.63) is 76.9 Å². The maximum atomic E-state index is 12.3. The minimum absolute atomic E-state index is 0.0738. The van der Waals surface area contributed by atoms with Crippen LogP contribution in [0.1, 0.15) is 19.7 Å². The van der Waals surface area contributed by atoms with Gasteiger partial charge in [0.1, 0.15) is 18.0 Å². The maximum absolute atomic E-state index is 12.3. The van der Waals surface area contributed by atoms with E-state index in [1.165, 1.54) is 10.7 Å². The van der Waals surface area contributed by atoms with Crippen molar-refractivity contribution in [1.82, 2.24) is 19.9 Å². The first-order valence-electron chi connectivity index (χ1n) is 9.84. The fraction of sp³-hybridized carbons (Fsp3) is 0.217. The third-order valence-electron chi connectivity index (χ3n) is 4.49. The zero-order valence-corrected chi connectivity index (χ0v) is 17.5. The van der Waals surface area contributed by atoms with Crippen molar-refractivity contribution in [2.75, 3.05) is 7.11 Å². The molecule has 0 N–H and O–H groups in total. The number of hydrogen-bond donors (Lipinski definition) is 0. The summed E-state index contributed by atoms with van der Waals surface area (Å²) < 4.78 is 17.5. The molecule has 0 unspecified atom stereocenters. The molecular weight excluding hydrogens is 396 g/mol. The van der Waals surface area contributed by atoms with Gasteiger partial charge < -0.3 is 14.0 Å².